The minimum atomic E-state index is -0.820. The number of amides is 1. The summed E-state index contributed by atoms with van der Waals surface area (Å²) in [5, 5.41) is 28.1. The van der Waals surface area contributed by atoms with Crippen molar-refractivity contribution in [1.29, 1.82) is 0 Å². The van der Waals surface area contributed by atoms with E-state index in [1.807, 2.05) is 83.4 Å². The molecule has 0 atom stereocenters. The molecular formula is C38H46N8O3. The quantitative estimate of drug-likeness (QED) is 0.134. The molecule has 0 unspecified atom stereocenters. The zero-order chi connectivity index (χ0) is 35.8. The molecule has 256 valence electrons. The van der Waals surface area contributed by atoms with Gasteiger partial charge in [-0.05, 0) is 76.2 Å². The highest BCUT2D eigenvalue weighted by Crippen LogP contribution is 2.29. The molecule has 49 heavy (non-hydrogen) atoms. The summed E-state index contributed by atoms with van der Waals surface area (Å²) in [7, 11) is 3.74. The number of pyridine rings is 2. The second-order valence-corrected chi connectivity index (χ2v) is 13.4. The maximum absolute atomic E-state index is 13.0. The highest BCUT2D eigenvalue weighted by Gasteiger charge is 2.33. The number of aliphatic carboxylic acids is 1. The van der Waals surface area contributed by atoms with Crippen molar-refractivity contribution in [2.75, 3.05) is 24.3 Å². The van der Waals surface area contributed by atoms with Crippen molar-refractivity contribution in [2.45, 2.75) is 54.4 Å². The number of anilines is 2. The van der Waals surface area contributed by atoms with Gasteiger partial charge in [-0.2, -0.15) is 10.2 Å². The smallest absolute Gasteiger partial charge is 0.309 e. The predicted octanol–water partition coefficient (Wildman–Crippen LogP) is 7.15. The summed E-state index contributed by atoms with van der Waals surface area (Å²) in [6, 6.07) is 23.8. The number of rotatable bonds is 8. The molecule has 6 aromatic rings. The molecule has 0 aliphatic heterocycles. The van der Waals surface area contributed by atoms with Gasteiger partial charge in [0.2, 0.25) is 5.91 Å². The van der Waals surface area contributed by atoms with Crippen molar-refractivity contribution < 1.29 is 14.7 Å². The van der Waals surface area contributed by atoms with Crippen LogP contribution in [0.3, 0.4) is 0 Å². The Morgan fingerprint density at radius 2 is 1.18 bits per heavy atom. The van der Waals surface area contributed by atoms with Crippen LogP contribution < -0.4 is 10.2 Å². The summed E-state index contributed by atoms with van der Waals surface area (Å²) < 4.78 is 0. The maximum Gasteiger partial charge on any atom is 0.309 e. The Hall–Kier alpha value is -5.58. The lowest BCUT2D eigenvalue weighted by Crippen LogP contribution is -2.40. The number of aromatic amines is 2. The molecule has 4 heterocycles. The van der Waals surface area contributed by atoms with Gasteiger partial charge in [0.15, 0.2) is 11.3 Å². The molecule has 4 N–H and O–H groups in total. The largest absolute Gasteiger partial charge is 0.481 e. The van der Waals surface area contributed by atoms with Crippen LogP contribution in [-0.4, -0.2) is 61.4 Å². The second-order valence-electron chi connectivity index (χ2n) is 13.4. The van der Waals surface area contributed by atoms with Gasteiger partial charge in [-0.1, -0.05) is 49.2 Å². The van der Waals surface area contributed by atoms with E-state index in [2.05, 4.69) is 66.9 Å². The highest BCUT2D eigenvalue weighted by atomic mass is 16.4. The number of carbonyl (C=O) groups is 2. The lowest BCUT2D eigenvalue weighted by molar-refractivity contribution is -0.146. The zero-order valence-electron chi connectivity index (χ0n) is 29.5. The number of benzene rings is 2. The van der Waals surface area contributed by atoms with Crippen molar-refractivity contribution in [3.63, 3.8) is 0 Å². The third-order valence-corrected chi connectivity index (χ3v) is 8.28. The van der Waals surface area contributed by atoms with Gasteiger partial charge >= 0.3 is 5.97 Å². The number of aromatic nitrogens is 6. The number of fused-ring (bicyclic) bond motifs is 2. The van der Waals surface area contributed by atoms with E-state index in [0.717, 1.165) is 27.8 Å². The van der Waals surface area contributed by atoms with Crippen LogP contribution in [0.4, 0.5) is 11.4 Å². The summed E-state index contributed by atoms with van der Waals surface area (Å²) in [6.45, 7) is 11.4. The Labute approximate surface area is 287 Å². The lowest BCUT2D eigenvalue weighted by Gasteiger charge is -2.29. The molecular weight excluding hydrogens is 616 g/mol. The van der Waals surface area contributed by atoms with E-state index in [1.165, 1.54) is 16.8 Å². The average Bonchev–Trinajstić information content (AvgIpc) is 3.68. The third-order valence-electron chi connectivity index (χ3n) is 8.28. The molecule has 0 fully saturated rings. The average molecular weight is 663 g/mol. The first-order chi connectivity index (χ1) is 23.2. The number of nitrogens with one attached hydrogen (secondary N) is 3. The Morgan fingerprint density at radius 3 is 1.63 bits per heavy atom. The second kappa shape index (κ2) is 15.5. The van der Waals surface area contributed by atoms with E-state index in [1.54, 1.807) is 31.1 Å². The number of hydrogen-bond acceptors (Lipinski definition) is 7. The fourth-order valence-corrected chi connectivity index (χ4v) is 5.17. The van der Waals surface area contributed by atoms with E-state index < -0.39 is 16.8 Å². The fourth-order valence-electron chi connectivity index (χ4n) is 5.17. The molecule has 0 aliphatic rings. The van der Waals surface area contributed by atoms with Crippen molar-refractivity contribution in [2.24, 2.45) is 10.8 Å². The first-order valence-corrected chi connectivity index (χ1v) is 16.1. The molecule has 1 amide bonds. The molecule has 2 aromatic carbocycles. The van der Waals surface area contributed by atoms with E-state index >= 15 is 0 Å². The van der Waals surface area contributed by atoms with Crippen molar-refractivity contribution in [1.82, 2.24) is 30.4 Å². The first kappa shape index (κ1) is 36.3. The van der Waals surface area contributed by atoms with Crippen molar-refractivity contribution in [3.05, 3.63) is 108 Å². The molecule has 11 nitrogen and oxygen atoms in total. The van der Waals surface area contributed by atoms with Crippen LogP contribution in [-0.2, 0) is 22.4 Å². The standard InChI is InChI=1S/C19H22N4O.C11H13N3O2.C8H11N/c1-13-7-9-14(10-8-13)23(4)18(24)19(2,3)12-16-15-6-5-11-20-17(15)22-21-16;1-11(2,10(15)16)6-8-7-4-3-5-12-9(7)14-13-8;1-7-3-5-8(9-2)6-4-7/h5-11H,12H2,1-4H3,(H,20,21,22);3-5H,6H2,1-2H3,(H,15,16)(H,12,13,14);3-6,9H,1-2H3. The zero-order valence-corrected chi connectivity index (χ0v) is 29.5. The van der Waals surface area contributed by atoms with E-state index in [0.29, 0.717) is 24.1 Å². The molecule has 0 radical (unpaired) electrons. The summed E-state index contributed by atoms with van der Waals surface area (Å²) in [5.41, 5.74) is 6.23. The lowest BCUT2D eigenvalue weighted by atomic mass is 9.85. The molecule has 0 aliphatic carbocycles. The first-order valence-electron chi connectivity index (χ1n) is 16.1. The molecule has 11 heteroatoms. The van der Waals surface area contributed by atoms with Crippen LogP contribution in [0.1, 0.15) is 50.2 Å². The number of hydrogen-bond donors (Lipinski definition) is 4. The summed E-state index contributed by atoms with van der Waals surface area (Å²) in [4.78, 5) is 34.1. The van der Waals surface area contributed by atoms with E-state index in [9.17, 15) is 9.59 Å². The van der Waals surface area contributed by atoms with Crippen LogP contribution >= 0.6 is 0 Å². The number of carbonyl (C=O) groups excluding carboxylic acids is 1. The topological polar surface area (TPSA) is 153 Å². The minimum absolute atomic E-state index is 0.0676. The van der Waals surface area contributed by atoms with E-state index in [4.69, 9.17) is 5.11 Å². The number of carboxylic acid groups (broad SMARTS) is 1. The molecule has 0 saturated heterocycles. The molecule has 4 aromatic heterocycles. The van der Waals surface area contributed by atoms with Crippen LogP contribution in [0.5, 0.6) is 0 Å². The van der Waals surface area contributed by atoms with Gasteiger partial charge < -0.3 is 15.3 Å². The molecule has 0 spiro atoms. The van der Waals surface area contributed by atoms with Gasteiger partial charge in [-0.25, -0.2) is 9.97 Å². The van der Waals surface area contributed by atoms with Gasteiger partial charge in [0.25, 0.3) is 0 Å². The highest BCUT2D eigenvalue weighted by molar-refractivity contribution is 5.97. The van der Waals surface area contributed by atoms with Gasteiger partial charge in [-0.3, -0.25) is 19.8 Å². The van der Waals surface area contributed by atoms with Gasteiger partial charge in [-0.15, -0.1) is 0 Å². The Morgan fingerprint density at radius 1 is 0.735 bits per heavy atom. The Balaban J connectivity index is 0.000000185. The molecule has 0 saturated carbocycles. The maximum atomic E-state index is 13.0. The van der Waals surface area contributed by atoms with E-state index in [-0.39, 0.29) is 5.91 Å². The van der Waals surface area contributed by atoms with Crippen LogP contribution in [0.25, 0.3) is 22.1 Å². The molecule has 0 bridgehead atoms. The minimum Gasteiger partial charge on any atom is -0.481 e. The van der Waals surface area contributed by atoms with Crippen molar-refractivity contribution in [3.8, 4) is 0 Å². The van der Waals surface area contributed by atoms with Crippen LogP contribution in [0.2, 0.25) is 0 Å². The van der Waals surface area contributed by atoms with Gasteiger partial charge in [0.05, 0.1) is 5.41 Å². The predicted molar refractivity (Wildman–Crippen MR) is 196 cm³/mol. The number of carboxylic acids is 1. The van der Waals surface area contributed by atoms with Crippen LogP contribution in [0, 0.1) is 24.7 Å². The fraction of sp³-hybridized carbons (Fsp3) is 0.316. The van der Waals surface area contributed by atoms with Gasteiger partial charge in [0, 0.05) is 78.3 Å². The summed E-state index contributed by atoms with van der Waals surface area (Å²) >= 11 is 0. The monoisotopic (exact) mass is 662 g/mol. The molecule has 6 rings (SSSR count). The van der Waals surface area contributed by atoms with Crippen LogP contribution in [0.15, 0.2) is 85.2 Å². The normalized spacial score (nSPS) is 11.3. The van der Waals surface area contributed by atoms with Gasteiger partial charge in [0.1, 0.15) is 0 Å². The number of H-pyrrole nitrogens is 2. The number of aryl methyl sites for hydroxylation is 2. The Kier molecular flexibility index (Phi) is 11.5. The summed E-state index contributed by atoms with van der Waals surface area (Å²) in [6.07, 6.45) is 4.36. The SMILES string of the molecule is CC(C)(Cc1[nH]nc2ncccc12)C(=O)O.CNc1ccc(C)cc1.Cc1ccc(N(C)C(=O)C(C)(C)Cc2[nH]nc3ncccc23)cc1. The third kappa shape index (κ3) is 9.28. The Bertz CT molecular complexity index is 1990. The number of nitrogens with zero attached hydrogens (tertiary/aromatic N) is 5. The van der Waals surface area contributed by atoms with Crippen molar-refractivity contribution >= 4 is 45.3 Å². The summed E-state index contributed by atoms with van der Waals surface area (Å²) in [5.74, 6) is -0.753.